The third-order valence-electron chi connectivity index (χ3n) is 2.29. The molecule has 1 aromatic heterocycles. The predicted octanol–water partition coefficient (Wildman–Crippen LogP) is 3.33. The number of hydrogen-bond acceptors (Lipinski definition) is 3. The Morgan fingerprint density at radius 1 is 1.67 bits per heavy atom. The number of nitrogens with one attached hydrogen (secondary N) is 2. The Bertz CT molecular complexity index is 363. The van der Waals surface area contributed by atoms with Gasteiger partial charge in [-0.05, 0) is 26.3 Å². The molecule has 1 aromatic rings. The minimum absolute atomic E-state index is 0.363. The number of halogens is 1. The van der Waals surface area contributed by atoms with Gasteiger partial charge in [0.25, 0.3) is 0 Å². The van der Waals surface area contributed by atoms with Gasteiger partial charge in [-0.15, -0.1) is 0 Å². The summed E-state index contributed by atoms with van der Waals surface area (Å²) in [6.07, 6.45) is 2.66. The molecule has 0 saturated heterocycles. The molecule has 0 radical (unpaired) electrons. The summed E-state index contributed by atoms with van der Waals surface area (Å²) in [4.78, 5) is 3.98. The molecule has 0 fully saturated rings. The Balaban J connectivity index is 3.02. The average molecular weight is 226 g/mol. The van der Waals surface area contributed by atoms with Gasteiger partial charge in [-0.25, -0.2) is 4.98 Å². The molecule has 15 heavy (non-hydrogen) atoms. The molecule has 1 unspecified atom stereocenters. The normalized spacial score (nSPS) is 12.3. The maximum atomic E-state index is 7.62. The van der Waals surface area contributed by atoms with Crippen molar-refractivity contribution in [2.75, 3.05) is 5.32 Å². The van der Waals surface area contributed by atoms with Gasteiger partial charge in [0, 0.05) is 29.2 Å². The summed E-state index contributed by atoms with van der Waals surface area (Å²) in [5.41, 5.74) is 2.18. The van der Waals surface area contributed by atoms with Crippen molar-refractivity contribution >= 4 is 23.0 Å². The lowest BCUT2D eigenvalue weighted by Gasteiger charge is -2.16. The summed E-state index contributed by atoms with van der Waals surface area (Å²) in [7, 11) is 0. The van der Waals surface area contributed by atoms with Crippen LogP contribution in [0.1, 0.15) is 32.8 Å². The second-order valence-electron chi connectivity index (χ2n) is 3.63. The highest BCUT2D eigenvalue weighted by atomic mass is 35.5. The second kappa shape index (κ2) is 5.12. The summed E-state index contributed by atoms with van der Waals surface area (Å²) < 4.78 is 0. The molecule has 0 aliphatic rings. The molecule has 1 rings (SSSR count). The number of pyridine rings is 1. The fraction of sp³-hybridized carbons (Fsp3) is 0.455. The fourth-order valence-corrected chi connectivity index (χ4v) is 1.37. The van der Waals surface area contributed by atoms with Gasteiger partial charge in [-0.2, -0.15) is 0 Å². The van der Waals surface area contributed by atoms with Gasteiger partial charge in [0.15, 0.2) is 0 Å². The SMILES string of the molecule is CCC(C)Nc1cc(Cl)ncc1C(C)=N. The second-order valence-corrected chi connectivity index (χ2v) is 4.02. The Labute approximate surface area is 95.4 Å². The van der Waals surface area contributed by atoms with Crippen LogP contribution in [0, 0.1) is 5.41 Å². The van der Waals surface area contributed by atoms with Crippen molar-refractivity contribution in [3.63, 3.8) is 0 Å². The number of aromatic nitrogens is 1. The standard InChI is InChI=1S/C11H16ClN3/c1-4-7(2)15-10-5-11(12)14-6-9(10)8(3)13/h5-7,13H,4H2,1-3H3,(H,14,15). The van der Waals surface area contributed by atoms with Gasteiger partial charge in [0.1, 0.15) is 5.15 Å². The van der Waals surface area contributed by atoms with E-state index in [2.05, 4.69) is 24.1 Å². The molecule has 0 bridgehead atoms. The molecule has 0 amide bonds. The summed E-state index contributed by atoms with van der Waals surface area (Å²) in [5.74, 6) is 0. The number of hydrogen-bond donors (Lipinski definition) is 2. The molecule has 0 aromatic carbocycles. The lowest BCUT2D eigenvalue weighted by Crippen LogP contribution is -2.16. The zero-order valence-electron chi connectivity index (χ0n) is 9.26. The molecule has 3 nitrogen and oxygen atoms in total. The number of rotatable bonds is 4. The van der Waals surface area contributed by atoms with Crippen LogP contribution in [0.4, 0.5) is 5.69 Å². The van der Waals surface area contributed by atoms with Gasteiger partial charge in [0.05, 0.1) is 0 Å². The monoisotopic (exact) mass is 225 g/mol. The van der Waals surface area contributed by atoms with Crippen molar-refractivity contribution in [2.24, 2.45) is 0 Å². The molecule has 1 atom stereocenters. The quantitative estimate of drug-likeness (QED) is 0.610. The van der Waals surface area contributed by atoms with E-state index >= 15 is 0 Å². The van der Waals surface area contributed by atoms with Crippen LogP contribution < -0.4 is 5.32 Å². The first-order chi connectivity index (χ1) is 7.04. The van der Waals surface area contributed by atoms with Crippen LogP contribution in [0.5, 0.6) is 0 Å². The van der Waals surface area contributed by atoms with Gasteiger partial charge in [-0.3, -0.25) is 0 Å². The van der Waals surface area contributed by atoms with Crippen molar-refractivity contribution in [3.8, 4) is 0 Å². The molecular weight excluding hydrogens is 210 g/mol. The summed E-state index contributed by atoms with van der Waals surface area (Å²) in [5, 5.41) is 11.4. The Kier molecular flexibility index (Phi) is 4.09. The highest BCUT2D eigenvalue weighted by molar-refractivity contribution is 6.29. The van der Waals surface area contributed by atoms with Crippen LogP contribution in [-0.2, 0) is 0 Å². The zero-order valence-corrected chi connectivity index (χ0v) is 10.0. The molecule has 0 aliphatic heterocycles. The van der Waals surface area contributed by atoms with Crippen LogP contribution in [0.2, 0.25) is 5.15 Å². The minimum atomic E-state index is 0.363. The first-order valence-corrected chi connectivity index (χ1v) is 5.40. The van der Waals surface area contributed by atoms with E-state index in [1.165, 1.54) is 0 Å². The number of nitrogens with zero attached hydrogens (tertiary/aromatic N) is 1. The van der Waals surface area contributed by atoms with Gasteiger partial charge < -0.3 is 10.7 Å². The zero-order chi connectivity index (χ0) is 11.4. The van der Waals surface area contributed by atoms with Crippen molar-refractivity contribution in [2.45, 2.75) is 33.2 Å². The minimum Gasteiger partial charge on any atom is -0.382 e. The third-order valence-corrected chi connectivity index (χ3v) is 2.50. The van der Waals surface area contributed by atoms with E-state index in [4.69, 9.17) is 17.0 Å². The molecular formula is C11H16ClN3. The summed E-state index contributed by atoms with van der Waals surface area (Å²) >= 11 is 5.83. The van der Waals surface area contributed by atoms with Crippen molar-refractivity contribution in [1.82, 2.24) is 4.98 Å². The summed E-state index contributed by atoms with van der Waals surface area (Å²) in [6, 6.07) is 2.13. The van der Waals surface area contributed by atoms with E-state index in [9.17, 15) is 0 Å². The van der Waals surface area contributed by atoms with Crippen molar-refractivity contribution in [1.29, 1.82) is 5.41 Å². The maximum Gasteiger partial charge on any atom is 0.131 e. The average Bonchev–Trinajstić information content (AvgIpc) is 2.17. The van der Waals surface area contributed by atoms with E-state index in [1.54, 1.807) is 19.2 Å². The van der Waals surface area contributed by atoms with Crippen molar-refractivity contribution < 1.29 is 0 Å². The lowest BCUT2D eigenvalue weighted by molar-refractivity contribution is 0.763. The highest BCUT2D eigenvalue weighted by Crippen LogP contribution is 2.20. The Morgan fingerprint density at radius 2 is 2.33 bits per heavy atom. The van der Waals surface area contributed by atoms with Crippen LogP contribution in [0.25, 0.3) is 0 Å². The van der Waals surface area contributed by atoms with E-state index in [1.807, 2.05) is 0 Å². The first kappa shape index (κ1) is 12.0. The molecule has 82 valence electrons. The Hall–Kier alpha value is -1.09. The first-order valence-electron chi connectivity index (χ1n) is 5.02. The van der Waals surface area contributed by atoms with Gasteiger partial charge in [0.2, 0.25) is 0 Å². The van der Waals surface area contributed by atoms with Crippen molar-refractivity contribution in [3.05, 3.63) is 23.0 Å². The molecule has 0 saturated carbocycles. The van der Waals surface area contributed by atoms with Crippen LogP contribution in [-0.4, -0.2) is 16.7 Å². The molecule has 0 spiro atoms. The van der Waals surface area contributed by atoms with E-state index in [0.29, 0.717) is 16.9 Å². The summed E-state index contributed by atoms with van der Waals surface area (Å²) in [6.45, 7) is 5.95. The van der Waals surface area contributed by atoms with Crippen LogP contribution in [0.3, 0.4) is 0 Å². The fourth-order valence-electron chi connectivity index (χ4n) is 1.22. The van der Waals surface area contributed by atoms with Crippen LogP contribution in [0.15, 0.2) is 12.3 Å². The largest absolute Gasteiger partial charge is 0.382 e. The van der Waals surface area contributed by atoms with Gasteiger partial charge in [-0.1, -0.05) is 18.5 Å². The number of anilines is 1. The maximum absolute atomic E-state index is 7.62. The topological polar surface area (TPSA) is 48.8 Å². The van der Waals surface area contributed by atoms with Crippen LogP contribution >= 0.6 is 11.6 Å². The molecule has 2 N–H and O–H groups in total. The van der Waals surface area contributed by atoms with E-state index in [-0.39, 0.29) is 0 Å². The molecule has 4 heteroatoms. The van der Waals surface area contributed by atoms with E-state index in [0.717, 1.165) is 17.7 Å². The van der Waals surface area contributed by atoms with E-state index < -0.39 is 0 Å². The Morgan fingerprint density at radius 3 is 2.87 bits per heavy atom. The highest BCUT2D eigenvalue weighted by Gasteiger charge is 2.08. The van der Waals surface area contributed by atoms with Gasteiger partial charge >= 0.3 is 0 Å². The predicted molar refractivity (Wildman–Crippen MR) is 65.1 cm³/mol. The molecule has 0 aliphatic carbocycles. The molecule has 1 heterocycles. The lowest BCUT2D eigenvalue weighted by atomic mass is 10.1. The smallest absolute Gasteiger partial charge is 0.131 e. The third kappa shape index (κ3) is 3.20.